The van der Waals surface area contributed by atoms with Crippen LogP contribution < -0.4 is 9.47 Å². The molecule has 1 aromatic rings. The standard InChI is InChI=1S/C15H18N2O3/c1-19-13-5-3-4-12(14(13)20-2)15(18)17-8-6-11(10-16)7-9-17/h3-5,11H,6-9H2,1-2H3. The summed E-state index contributed by atoms with van der Waals surface area (Å²) in [6.45, 7) is 1.22. The molecule has 5 heteroatoms. The first-order valence-corrected chi connectivity index (χ1v) is 6.61. The van der Waals surface area contributed by atoms with Gasteiger partial charge in [0.05, 0.1) is 25.9 Å². The Hall–Kier alpha value is -2.22. The zero-order valence-corrected chi connectivity index (χ0v) is 11.8. The molecule has 0 aliphatic carbocycles. The monoisotopic (exact) mass is 274 g/mol. The summed E-state index contributed by atoms with van der Waals surface area (Å²) in [5.74, 6) is 0.996. The summed E-state index contributed by atoms with van der Waals surface area (Å²) in [7, 11) is 3.07. The number of benzene rings is 1. The van der Waals surface area contributed by atoms with E-state index in [1.165, 1.54) is 7.11 Å². The quantitative estimate of drug-likeness (QED) is 0.846. The zero-order chi connectivity index (χ0) is 14.5. The lowest BCUT2D eigenvalue weighted by atomic mass is 9.98. The van der Waals surface area contributed by atoms with Crippen molar-refractivity contribution in [2.75, 3.05) is 27.3 Å². The zero-order valence-electron chi connectivity index (χ0n) is 11.8. The highest BCUT2D eigenvalue weighted by atomic mass is 16.5. The first-order valence-electron chi connectivity index (χ1n) is 6.61. The second-order valence-corrected chi connectivity index (χ2v) is 4.74. The minimum absolute atomic E-state index is 0.0613. The van der Waals surface area contributed by atoms with E-state index in [1.54, 1.807) is 30.2 Å². The minimum Gasteiger partial charge on any atom is -0.493 e. The lowest BCUT2D eigenvalue weighted by Crippen LogP contribution is -2.38. The third-order valence-corrected chi connectivity index (χ3v) is 3.60. The van der Waals surface area contributed by atoms with Gasteiger partial charge in [-0.15, -0.1) is 0 Å². The number of carbonyl (C=O) groups excluding carboxylic acids is 1. The molecule has 0 N–H and O–H groups in total. The van der Waals surface area contributed by atoms with E-state index < -0.39 is 0 Å². The molecule has 0 bridgehead atoms. The number of methoxy groups -OCH3 is 2. The number of hydrogen-bond donors (Lipinski definition) is 0. The molecule has 1 aromatic carbocycles. The average Bonchev–Trinajstić information content (AvgIpc) is 2.53. The van der Waals surface area contributed by atoms with Gasteiger partial charge in [0, 0.05) is 19.0 Å². The second kappa shape index (κ2) is 6.29. The Morgan fingerprint density at radius 1 is 1.30 bits per heavy atom. The van der Waals surface area contributed by atoms with Crippen molar-refractivity contribution in [2.45, 2.75) is 12.8 Å². The van der Waals surface area contributed by atoms with Crippen LogP contribution in [0.4, 0.5) is 0 Å². The van der Waals surface area contributed by atoms with Crippen molar-refractivity contribution in [1.29, 1.82) is 5.26 Å². The molecule has 106 valence electrons. The number of nitrogens with zero attached hydrogens (tertiary/aromatic N) is 2. The van der Waals surface area contributed by atoms with E-state index >= 15 is 0 Å². The maximum Gasteiger partial charge on any atom is 0.257 e. The van der Waals surface area contributed by atoms with Gasteiger partial charge in [-0.3, -0.25) is 4.79 Å². The second-order valence-electron chi connectivity index (χ2n) is 4.74. The summed E-state index contributed by atoms with van der Waals surface area (Å²) in [5.41, 5.74) is 0.502. The van der Waals surface area contributed by atoms with E-state index in [0.717, 1.165) is 12.8 Å². The predicted octanol–water partition coefficient (Wildman–Crippen LogP) is 2.08. The van der Waals surface area contributed by atoms with Gasteiger partial charge >= 0.3 is 0 Å². The van der Waals surface area contributed by atoms with E-state index in [0.29, 0.717) is 30.2 Å². The van der Waals surface area contributed by atoms with Gasteiger partial charge in [0.1, 0.15) is 0 Å². The first kappa shape index (κ1) is 14.2. The van der Waals surface area contributed by atoms with Gasteiger partial charge in [-0.25, -0.2) is 0 Å². The number of nitriles is 1. The summed E-state index contributed by atoms with van der Waals surface area (Å²) < 4.78 is 10.5. The van der Waals surface area contributed by atoms with Crippen molar-refractivity contribution < 1.29 is 14.3 Å². The van der Waals surface area contributed by atoms with Gasteiger partial charge in [0.2, 0.25) is 0 Å². The molecule has 5 nitrogen and oxygen atoms in total. The Labute approximate surface area is 118 Å². The Balaban J connectivity index is 2.20. The fourth-order valence-corrected chi connectivity index (χ4v) is 2.44. The largest absolute Gasteiger partial charge is 0.493 e. The molecule has 1 fully saturated rings. The number of amides is 1. The molecule has 0 unspecified atom stereocenters. The van der Waals surface area contributed by atoms with Gasteiger partial charge < -0.3 is 14.4 Å². The maximum atomic E-state index is 12.6. The van der Waals surface area contributed by atoms with Crippen molar-refractivity contribution in [3.8, 4) is 17.6 Å². The van der Waals surface area contributed by atoms with E-state index in [1.807, 2.05) is 0 Å². The smallest absolute Gasteiger partial charge is 0.257 e. The van der Waals surface area contributed by atoms with Crippen LogP contribution in [0.25, 0.3) is 0 Å². The van der Waals surface area contributed by atoms with Crippen LogP contribution in [0.3, 0.4) is 0 Å². The summed E-state index contributed by atoms with van der Waals surface area (Å²) >= 11 is 0. The molecule has 0 atom stereocenters. The SMILES string of the molecule is COc1cccc(C(=O)N2CCC(C#N)CC2)c1OC. The predicted molar refractivity (Wildman–Crippen MR) is 73.8 cm³/mol. The van der Waals surface area contributed by atoms with Crippen LogP contribution in [0, 0.1) is 17.2 Å². The van der Waals surface area contributed by atoms with E-state index in [-0.39, 0.29) is 11.8 Å². The highest BCUT2D eigenvalue weighted by molar-refractivity contribution is 5.97. The minimum atomic E-state index is -0.0721. The van der Waals surface area contributed by atoms with E-state index in [9.17, 15) is 4.79 Å². The van der Waals surface area contributed by atoms with Crippen molar-refractivity contribution in [1.82, 2.24) is 4.90 Å². The molecule has 2 rings (SSSR count). The lowest BCUT2D eigenvalue weighted by Gasteiger charge is -2.29. The molecule has 0 saturated carbocycles. The number of ether oxygens (including phenoxy) is 2. The first-order chi connectivity index (χ1) is 9.71. The topological polar surface area (TPSA) is 62.6 Å². The van der Waals surface area contributed by atoms with Crippen molar-refractivity contribution in [3.05, 3.63) is 23.8 Å². The molecule has 1 amide bonds. The summed E-state index contributed by atoms with van der Waals surface area (Å²) in [6.07, 6.45) is 1.46. The van der Waals surface area contributed by atoms with Gasteiger partial charge in [-0.1, -0.05) is 6.07 Å². The Morgan fingerprint density at radius 3 is 2.55 bits per heavy atom. The van der Waals surface area contributed by atoms with Crippen LogP contribution in [-0.2, 0) is 0 Å². The third-order valence-electron chi connectivity index (χ3n) is 3.60. The van der Waals surface area contributed by atoms with Gasteiger partial charge in [0.25, 0.3) is 5.91 Å². The Bertz CT molecular complexity index is 528. The van der Waals surface area contributed by atoms with Crippen molar-refractivity contribution in [3.63, 3.8) is 0 Å². The molecule has 0 aromatic heterocycles. The summed E-state index contributed by atoms with van der Waals surface area (Å²) in [6, 6.07) is 7.53. The van der Waals surface area contributed by atoms with Crippen LogP contribution in [0.2, 0.25) is 0 Å². The van der Waals surface area contributed by atoms with E-state index in [2.05, 4.69) is 6.07 Å². The molecule has 1 saturated heterocycles. The van der Waals surface area contributed by atoms with Crippen LogP contribution in [-0.4, -0.2) is 38.1 Å². The number of piperidine rings is 1. The van der Waals surface area contributed by atoms with Crippen LogP contribution in [0.15, 0.2) is 18.2 Å². The third kappa shape index (κ3) is 2.69. The fraction of sp³-hybridized carbons (Fsp3) is 0.467. The summed E-state index contributed by atoms with van der Waals surface area (Å²) in [4.78, 5) is 14.3. The van der Waals surface area contributed by atoms with E-state index in [4.69, 9.17) is 14.7 Å². The fourth-order valence-electron chi connectivity index (χ4n) is 2.44. The molecular formula is C15H18N2O3. The van der Waals surface area contributed by atoms with Gasteiger partial charge in [-0.2, -0.15) is 5.26 Å². The lowest BCUT2D eigenvalue weighted by molar-refractivity contribution is 0.0703. The normalized spacial score (nSPS) is 15.6. The number of carbonyl (C=O) groups is 1. The van der Waals surface area contributed by atoms with Crippen LogP contribution in [0.1, 0.15) is 23.2 Å². The molecule has 1 heterocycles. The Kier molecular flexibility index (Phi) is 4.46. The van der Waals surface area contributed by atoms with Gasteiger partial charge in [0.15, 0.2) is 11.5 Å². The molecule has 1 aliphatic heterocycles. The highest BCUT2D eigenvalue weighted by Crippen LogP contribution is 2.32. The van der Waals surface area contributed by atoms with Crippen LogP contribution >= 0.6 is 0 Å². The number of hydrogen-bond acceptors (Lipinski definition) is 4. The summed E-state index contributed by atoms with van der Waals surface area (Å²) in [5, 5.41) is 8.89. The van der Waals surface area contributed by atoms with Crippen molar-refractivity contribution >= 4 is 5.91 Å². The van der Waals surface area contributed by atoms with Crippen LogP contribution in [0.5, 0.6) is 11.5 Å². The Morgan fingerprint density at radius 2 is 2.00 bits per heavy atom. The highest BCUT2D eigenvalue weighted by Gasteiger charge is 2.26. The molecule has 0 radical (unpaired) electrons. The molecular weight excluding hydrogens is 256 g/mol. The maximum absolute atomic E-state index is 12.6. The van der Waals surface area contributed by atoms with Gasteiger partial charge in [-0.05, 0) is 25.0 Å². The molecule has 0 spiro atoms. The number of likely N-dealkylation sites (tertiary alicyclic amines) is 1. The molecule has 20 heavy (non-hydrogen) atoms. The number of rotatable bonds is 3. The number of para-hydroxylation sites is 1. The average molecular weight is 274 g/mol. The molecule has 1 aliphatic rings. The van der Waals surface area contributed by atoms with Crippen molar-refractivity contribution in [2.24, 2.45) is 5.92 Å².